The van der Waals surface area contributed by atoms with Gasteiger partial charge in [0.05, 0.1) is 6.07 Å². The lowest BCUT2D eigenvalue weighted by Gasteiger charge is -1.99. The average molecular weight is 211 g/mol. The predicted octanol–water partition coefficient (Wildman–Crippen LogP) is 5.46. The first kappa shape index (κ1) is 16.9. The van der Waals surface area contributed by atoms with Gasteiger partial charge in [-0.3, -0.25) is 0 Å². The molecular weight excluding hydrogens is 182 g/mol. The van der Waals surface area contributed by atoms with Crippen molar-refractivity contribution >= 4 is 0 Å². The molecule has 0 saturated carbocycles. The van der Waals surface area contributed by atoms with Crippen LogP contribution in [0.3, 0.4) is 0 Å². The van der Waals surface area contributed by atoms with E-state index in [0.717, 1.165) is 0 Å². The van der Waals surface area contributed by atoms with Crippen LogP contribution in [0.25, 0.3) is 0 Å². The average Bonchev–Trinajstić information content (AvgIpc) is 2.23. The van der Waals surface area contributed by atoms with Crippen molar-refractivity contribution in [2.24, 2.45) is 0 Å². The zero-order valence-corrected chi connectivity index (χ0v) is 11.0. The molecule has 0 rings (SSSR count). The molecule has 1 heteroatoms. The van der Waals surface area contributed by atoms with Crippen molar-refractivity contribution < 1.29 is 0 Å². The summed E-state index contributed by atoms with van der Waals surface area (Å²) in [5, 5.41) is 7.32. The van der Waals surface area contributed by atoms with Gasteiger partial charge in [-0.1, -0.05) is 78.1 Å². The van der Waals surface area contributed by atoms with Crippen molar-refractivity contribution in [3.63, 3.8) is 0 Å². The minimum absolute atomic E-state index is 1.37. The van der Waals surface area contributed by atoms with Gasteiger partial charge in [-0.15, -0.1) is 0 Å². The zero-order chi connectivity index (χ0) is 11.8. The fourth-order valence-corrected chi connectivity index (χ4v) is 1.56. The number of rotatable bonds is 9. The van der Waals surface area contributed by atoms with E-state index in [2.05, 4.69) is 13.8 Å². The van der Waals surface area contributed by atoms with Gasteiger partial charge in [0.15, 0.2) is 0 Å². The van der Waals surface area contributed by atoms with E-state index in [4.69, 9.17) is 5.26 Å². The molecule has 0 N–H and O–H groups in total. The number of nitrogens with zero attached hydrogens (tertiary/aromatic N) is 1. The van der Waals surface area contributed by atoms with Crippen molar-refractivity contribution in [2.45, 2.75) is 85.0 Å². The molecular formula is C14H29N. The Hall–Kier alpha value is -0.510. The third kappa shape index (κ3) is 24.7. The van der Waals surface area contributed by atoms with Gasteiger partial charge in [0.2, 0.25) is 0 Å². The van der Waals surface area contributed by atoms with E-state index < -0.39 is 0 Å². The Morgan fingerprint density at radius 2 is 0.867 bits per heavy atom. The minimum Gasteiger partial charge on any atom is -0.199 e. The highest BCUT2D eigenvalue weighted by Crippen LogP contribution is 2.09. The Balaban J connectivity index is 0. The lowest BCUT2D eigenvalue weighted by atomic mass is 10.1. The fraction of sp³-hybridized carbons (Fsp3) is 0.929. The molecule has 0 aliphatic rings. The summed E-state index contributed by atoms with van der Waals surface area (Å²) in [4.78, 5) is 0. The van der Waals surface area contributed by atoms with Gasteiger partial charge >= 0.3 is 0 Å². The maximum absolute atomic E-state index is 7.32. The van der Waals surface area contributed by atoms with Gasteiger partial charge < -0.3 is 0 Å². The molecule has 15 heavy (non-hydrogen) atoms. The van der Waals surface area contributed by atoms with Crippen molar-refractivity contribution in [1.29, 1.82) is 5.26 Å². The molecule has 90 valence electrons. The number of hydrogen-bond donors (Lipinski definition) is 0. The summed E-state index contributed by atoms with van der Waals surface area (Å²) in [6, 6.07) is 1.75. The third-order valence-corrected chi connectivity index (χ3v) is 2.46. The van der Waals surface area contributed by atoms with Crippen LogP contribution in [0.15, 0.2) is 0 Å². The molecule has 0 aromatic heterocycles. The summed E-state index contributed by atoms with van der Waals surface area (Å²) in [6.07, 6.45) is 14.4. The quantitative estimate of drug-likeness (QED) is 0.465. The monoisotopic (exact) mass is 211 g/mol. The van der Waals surface area contributed by atoms with Gasteiger partial charge in [0, 0.05) is 6.92 Å². The van der Waals surface area contributed by atoms with Gasteiger partial charge in [0.1, 0.15) is 0 Å². The van der Waals surface area contributed by atoms with Crippen LogP contribution in [-0.4, -0.2) is 0 Å². The van der Waals surface area contributed by atoms with Crippen LogP contribution >= 0.6 is 0 Å². The second kappa shape index (κ2) is 19.1. The van der Waals surface area contributed by atoms with Gasteiger partial charge in [0.25, 0.3) is 0 Å². The highest BCUT2D eigenvalue weighted by Gasteiger charge is 1.90. The lowest BCUT2D eigenvalue weighted by molar-refractivity contribution is 0.562. The predicted molar refractivity (Wildman–Crippen MR) is 68.8 cm³/mol. The standard InChI is InChI=1S/C12H26.C2H3N/c1-3-5-7-9-11-12-10-8-6-4-2;1-2-3/h3-12H2,1-2H3;1H3. The van der Waals surface area contributed by atoms with Crippen molar-refractivity contribution in [1.82, 2.24) is 0 Å². The van der Waals surface area contributed by atoms with E-state index >= 15 is 0 Å². The van der Waals surface area contributed by atoms with Gasteiger partial charge in [-0.05, 0) is 0 Å². The smallest absolute Gasteiger partial charge is 0.0587 e. The second-order valence-electron chi connectivity index (χ2n) is 4.05. The molecule has 0 unspecified atom stereocenters. The van der Waals surface area contributed by atoms with Gasteiger partial charge in [-0.25, -0.2) is 0 Å². The molecule has 0 saturated heterocycles. The van der Waals surface area contributed by atoms with E-state index in [9.17, 15) is 0 Å². The Morgan fingerprint density at radius 3 is 1.07 bits per heavy atom. The normalized spacial score (nSPS) is 8.93. The number of nitriles is 1. The minimum atomic E-state index is 1.37. The summed E-state index contributed by atoms with van der Waals surface area (Å²) >= 11 is 0. The Kier molecular flexibility index (Phi) is 21.6. The van der Waals surface area contributed by atoms with Crippen LogP contribution in [-0.2, 0) is 0 Å². The van der Waals surface area contributed by atoms with Crippen LogP contribution in [0.4, 0.5) is 0 Å². The fourth-order valence-electron chi connectivity index (χ4n) is 1.56. The second-order valence-corrected chi connectivity index (χ2v) is 4.05. The van der Waals surface area contributed by atoms with Crippen LogP contribution < -0.4 is 0 Å². The third-order valence-electron chi connectivity index (χ3n) is 2.46. The van der Waals surface area contributed by atoms with E-state index in [-0.39, 0.29) is 0 Å². The zero-order valence-electron chi connectivity index (χ0n) is 11.0. The topological polar surface area (TPSA) is 23.8 Å². The first-order chi connectivity index (χ1) is 7.33. The molecule has 0 spiro atoms. The van der Waals surface area contributed by atoms with E-state index in [1.807, 2.05) is 0 Å². The van der Waals surface area contributed by atoms with Gasteiger partial charge in [-0.2, -0.15) is 5.26 Å². The molecule has 0 heterocycles. The molecule has 0 aromatic rings. The Bertz CT molecular complexity index is 114. The van der Waals surface area contributed by atoms with Crippen molar-refractivity contribution in [3.8, 4) is 6.07 Å². The molecule has 0 fully saturated rings. The summed E-state index contributed by atoms with van der Waals surface area (Å²) in [5.74, 6) is 0. The maximum atomic E-state index is 7.32. The SMILES string of the molecule is CC#N.CCCCCCCCCCCC. The molecule has 1 nitrogen and oxygen atoms in total. The van der Waals surface area contributed by atoms with Crippen molar-refractivity contribution in [2.75, 3.05) is 0 Å². The van der Waals surface area contributed by atoms with Crippen LogP contribution in [0.1, 0.15) is 85.0 Å². The summed E-state index contributed by atoms with van der Waals surface area (Å²) in [7, 11) is 0. The molecule has 0 amide bonds. The van der Waals surface area contributed by atoms with E-state index in [0.29, 0.717) is 0 Å². The Labute approximate surface area is 96.9 Å². The Morgan fingerprint density at radius 1 is 0.667 bits per heavy atom. The maximum Gasteiger partial charge on any atom is 0.0587 e. The lowest BCUT2D eigenvalue weighted by Crippen LogP contribution is -1.80. The molecule has 0 bridgehead atoms. The first-order valence-electron chi connectivity index (χ1n) is 6.64. The highest BCUT2D eigenvalue weighted by molar-refractivity contribution is 4.51. The van der Waals surface area contributed by atoms with Crippen molar-refractivity contribution in [3.05, 3.63) is 0 Å². The number of unbranched alkanes of at least 4 members (excludes halogenated alkanes) is 9. The van der Waals surface area contributed by atoms with Crippen LogP contribution in [0, 0.1) is 11.3 Å². The first-order valence-corrected chi connectivity index (χ1v) is 6.64. The van der Waals surface area contributed by atoms with E-state index in [1.54, 1.807) is 6.07 Å². The summed E-state index contributed by atoms with van der Waals surface area (Å²) in [6.45, 7) is 5.99. The number of hydrogen-bond acceptors (Lipinski definition) is 1. The molecule has 0 radical (unpaired) electrons. The highest BCUT2D eigenvalue weighted by atomic mass is 14.2. The van der Waals surface area contributed by atoms with Crippen LogP contribution in [0.5, 0.6) is 0 Å². The summed E-state index contributed by atoms with van der Waals surface area (Å²) < 4.78 is 0. The molecule has 0 atom stereocenters. The summed E-state index contributed by atoms with van der Waals surface area (Å²) in [5.41, 5.74) is 0. The van der Waals surface area contributed by atoms with E-state index in [1.165, 1.54) is 71.1 Å². The molecule has 0 aromatic carbocycles. The van der Waals surface area contributed by atoms with Crippen LogP contribution in [0.2, 0.25) is 0 Å². The molecule has 0 aliphatic heterocycles. The largest absolute Gasteiger partial charge is 0.199 e. The molecule has 0 aliphatic carbocycles.